The van der Waals surface area contributed by atoms with Crippen LogP contribution in [0, 0.1) is 59.4 Å². The zero-order chi connectivity index (χ0) is 52.6. The molecule has 0 amide bonds. The summed E-state index contributed by atoms with van der Waals surface area (Å²) < 4.78 is 98.6. The molecule has 0 atom stereocenters. The monoisotopic (exact) mass is 1080 g/mol. The van der Waals surface area contributed by atoms with Crippen LogP contribution in [-0.4, -0.2) is 32.8 Å². The van der Waals surface area contributed by atoms with Gasteiger partial charge in [-0.15, -0.1) is 18.2 Å². The Morgan fingerprint density at radius 1 is 0.810 bits per heavy atom. The zero-order valence-electron chi connectivity index (χ0n) is 47.3. The van der Waals surface area contributed by atoms with Crippen molar-refractivity contribution in [3.63, 3.8) is 0 Å². The molecule has 0 bridgehead atoms. The Bertz CT molecular complexity index is 3510. The Balaban J connectivity index is 0.000000217. The van der Waals surface area contributed by atoms with Crippen LogP contribution in [0.15, 0.2) is 114 Å². The molecule has 1 saturated carbocycles. The number of hydrogen-bond acceptors (Lipinski definition) is 4. The second-order valence-corrected chi connectivity index (χ2v) is 28.1. The quantitative estimate of drug-likeness (QED) is 0.118. The maximum Gasteiger partial charge on any atom is 0 e. The number of imidazole rings is 1. The van der Waals surface area contributed by atoms with Gasteiger partial charge in [0.25, 0.3) is 0 Å². The fourth-order valence-corrected chi connectivity index (χ4v) is 12.0. The van der Waals surface area contributed by atoms with Crippen LogP contribution in [0.5, 0.6) is 0 Å². The minimum absolute atomic E-state index is 0. The zero-order valence-corrected chi connectivity index (χ0v) is 40.8. The van der Waals surface area contributed by atoms with Gasteiger partial charge in [-0.05, 0) is 74.9 Å². The van der Waals surface area contributed by atoms with Gasteiger partial charge in [-0.1, -0.05) is 70.1 Å². The van der Waals surface area contributed by atoms with Gasteiger partial charge in [-0.3, -0.25) is 4.98 Å². The van der Waals surface area contributed by atoms with Gasteiger partial charge in [-0.2, -0.15) is 0 Å². The molecule has 0 unspecified atom stereocenters. The van der Waals surface area contributed by atoms with Crippen LogP contribution in [0.3, 0.4) is 0 Å². The van der Waals surface area contributed by atoms with Gasteiger partial charge in [0, 0.05) is 45.6 Å². The predicted molar refractivity (Wildman–Crippen MR) is 261 cm³/mol. The number of aryl methyl sites for hydroxylation is 6. The number of furan rings is 1. The first-order valence-electron chi connectivity index (χ1n) is 26.7. The summed E-state index contributed by atoms with van der Waals surface area (Å²) in [5, 5.41) is 1.37. The summed E-state index contributed by atoms with van der Waals surface area (Å²) >= 11 is -2.35. The largest absolute Gasteiger partial charge is 0 e. The number of nitrogens with zero attached hydrogens (tertiary/aromatic N) is 4. The van der Waals surface area contributed by atoms with E-state index in [0.717, 1.165) is 68.9 Å². The summed E-state index contributed by atoms with van der Waals surface area (Å²) in [6.45, 7) is -0.903. The summed E-state index contributed by atoms with van der Waals surface area (Å²) in [6, 6.07) is 35.1. The molecule has 1 aliphatic carbocycles. The smallest absolute Gasteiger partial charge is 0 e. The van der Waals surface area contributed by atoms with E-state index in [1.54, 1.807) is 30.5 Å². The molecular formula is C56H56GeIrN4O-2. The van der Waals surface area contributed by atoms with Crippen molar-refractivity contribution in [1.82, 2.24) is 19.5 Å². The Kier molecular flexibility index (Phi) is 9.37. The Labute approximate surface area is 404 Å². The third-order valence-corrected chi connectivity index (χ3v) is 16.0. The van der Waals surface area contributed by atoms with Crippen LogP contribution in [0.2, 0.25) is 17.3 Å². The van der Waals surface area contributed by atoms with Crippen molar-refractivity contribution in [2.45, 2.75) is 90.7 Å². The fraction of sp³-hybridized carbons (Fsp3) is 0.268. The molecule has 0 spiro atoms. The average Bonchev–Trinajstić information content (AvgIpc) is 4.09. The third-order valence-electron chi connectivity index (χ3n) is 11.7. The van der Waals surface area contributed by atoms with E-state index in [-0.39, 0.29) is 42.7 Å². The molecule has 4 heterocycles. The number of benzene rings is 5. The summed E-state index contributed by atoms with van der Waals surface area (Å²) in [4.78, 5) is 14.2. The van der Waals surface area contributed by atoms with Crippen LogP contribution >= 0.6 is 0 Å². The van der Waals surface area contributed by atoms with Crippen LogP contribution in [-0.2, 0) is 26.5 Å². The van der Waals surface area contributed by atoms with Crippen molar-refractivity contribution in [1.29, 1.82) is 0 Å². The number of aromatic nitrogens is 4. The Morgan fingerprint density at radius 2 is 1.54 bits per heavy atom. The minimum Gasteiger partial charge on any atom is 0 e. The topological polar surface area (TPSA) is 56.7 Å². The Morgan fingerprint density at radius 3 is 2.27 bits per heavy atom. The van der Waals surface area contributed by atoms with E-state index >= 15 is 0 Å². The van der Waals surface area contributed by atoms with Crippen molar-refractivity contribution in [2.75, 3.05) is 0 Å². The Hall–Kier alpha value is -5.14. The van der Waals surface area contributed by atoms with E-state index in [2.05, 4.69) is 76.8 Å². The fourth-order valence-electron chi connectivity index (χ4n) is 9.02. The van der Waals surface area contributed by atoms with E-state index in [9.17, 15) is 0 Å². The molecular weight excluding hydrogens is 1010 g/mol. The predicted octanol–water partition coefficient (Wildman–Crippen LogP) is 14.1. The van der Waals surface area contributed by atoms with Crippen molar-refractivity contribution < 1.29 is 39.6 Å². The number of pyridine rings is 2. The van der Waals surface area contributed by atoms with Gasteiger partial charge in [0.15, 0.2) is 0 Å². The number of hydrogen-bond donors (Lipinski definition) is 0. The molecule has 0 aliphatic heterocycles. The van der Waals surface area contributed by atoms with Crippen molar-refractivity contribution >= 4 is 50.8 Å². The van der Waals surface area contributed by atoms with Gasteiger partial charge < -0.3 is 8.98 Å². The van der Waals surface area contributed by atoms with Gasteiger partial charge in [0.05, 0.1) is 22.4 Å². The van der Waals surface area contributed by atoms with Gasteiger partial charge in [0.2, 0.25) is 5.71 Å². The summed E-state index contributed by atoms with van der Waals surface area (Å²) in [6.07, 6.45) is 6.03. The molecule has 1 radical (unpaired) electrons. The average molecular weight is 1080 g/mol. The molecule has 1 aliphatic rings. The second-order valence-electron chi connectivity index (χ2n) is 17.5. The van der Waals surface area contributed by atoms with Crippen molar-refractivity contribution in [2.24, 2.45) is 5.92 Å². The van der Waals surface area contributed by atoms with Crippen LogP contribution in [0.4, 0.5) is 0 Å². The first-order valence-corrected chi connectivity index (χ1v) is 28.5. The normalized spacial score (nSPS) is 16.5. The number of rotatable bonds is 7. The van der Waals surface area contributed by atoms with Crippen LogP contribution < -0.4 is 4.40 Å². The molecule has 9 aromatic rings. The molecule has 1 fully saturated rings. The number of para-hydroxylation sites is 2. The number of fused-ring (bicyclic) bond motifs is 4. The first kappa shape index (κ1) is 32.5. The van der Waals surface area contributed by atoms with Gasteiger partial charge in [-0.25, -0.2) is 4.98 Å². The molecule has 5 nitrogen and oxygen atoms in total. The molecule has 0 saturated heterocycles. The molecule has 0 N–H and O–H groups in total. The standard InChI is InChI=1S/C35H28N3O.C21H28GeN.Ir/c1-20-15-21(2)19-25(18-20)26-13-14-36-35-31(26)27-9-8-10-28(33(27)39-35)34-37-29-11-6-7-12-30(29)38(34)32-23(4)16-22(3)17-24(32)5;1-16-8-7-11-18(12-16)21-14-19(13-17-9-5-6-10-17)20(15-23-21)22(2,3)4;/h6-9,11-19H,1-5H3;7-8,12,14-15,17H,5-6,9-10,13H2,1-4H3;/q2*-1;/i1D3,2D3;1D3,13D2;. The van der Waals surface area contributed by atoms with Crippen molar-refractivity contribution in [3.05, 3.63) is 161 Å². The van der Waals surface area contributed by atoms with E-state index in [4.69, 9.17) is 24.5 Å². The van der Waals surface area contributed by atoms with E-state index in [1.165, 1.54) is 23.8 Å². The maximum absolute atomic E-state index is 8.95. The van der Waals surface area contributed by atoms with Crippen molar-refractivity contribution in [3.8, 4) is 39.5 Å². The molecule has 5 aromatic carbocycles. The van der Waals surface area contributed by atoms with Gasteiger partial charge >= 0.3 is 151 Å². The van der Waals surface area contributed by atoms with E-state index < -0.39 is 40.2 Å². The molecule has 63 heavy (non-hydrogen) atoms. The molecule has 10 rings (SSSR count). The van der Waals surface area contributed by atoms with Crippen LogP contribution in [0.25, 0.3) is 72.6 Å². The third kappa shape index (κ3) is 9.00. The minimum atomic E-state index is -2.49. The summed E-state index contributed by atoms with van der Waals surface area (Å²) in [7, 11) is 0. The van der Waals surface area contributed by atoms with E-state index in [0.29, 0.717) is 50.5 Å². The van der Waals surface area contributed by atoms with E-state index in [1.807, 2.05) is 48.7 Å². The SMILES string of the molecule is [2H]C([2H])([2H])c1cc(-c2ccnc3oc4c(-c5nc6ccccc6n5-c5c(C)cc(C)cc5C)[c-]ccc4c23)cc(C([2H])([2H])[2H])c1.[2H]C([2H])([2H])c1cc[c-]c(-c2cc(C([2H])([2H])C3CCCC3)[c]([Ge]([CH3])([CH3])[CH3])cn2)c1.[Ir]. The first-order chi connectivity index (χ1) is 34.2. The molecule has 321 valence electrons. The molecule has 7 heteroatoms. The summed E-state index contributed by atoms with van der Waals surface area (Å²) in [5.41, 5.74) is 10.9. The maximum atomic E-state index is 8.95. The molecule has 4 aromatic heterocycles. The second kappa shape index (κ2) is 18.2. The summed E-state index contributed by atoms with van der Waals surface area (Å²) in [5.74, 6) is 7.46. The van der Waals surface area contributed by atoms with Crippen LogP contribution in [0.1, 0.15) is 79.7 Å². The van der Waals surface area contributed by atoms with Gasteiger partial charge in [0.1, 0.15) is 0 Å².